The van der Waals surface area contributed by atoms with Crippen LogP contribution in [0.4, 0.5) is 26.3 Å². The Balaban J connectivity index is 3.40. The Kier molecular flexibility index (Phi) is 4.75. The fraction of sp³-hybridized carbons (Fsp3) is 0.417. The molecule has 0 spiro atoms. The molecule has 1 aromatic rings. The van der Waals surface area contributed by atoms with Crippen LogP contribution in [0.3, 0.4) is 0 Å². The third-order valence-electron chi connectivity index (χ3n) is 2.49. The molecule has 9 heteroatoms. The van der Waals surface area contributed by atoms with E-state index in [0.29, 0.717) is 12.1 Å². The molecule has 0 aliphatic carbocycles. The molecule has 0 bridgehead atoms. The van der Waals surface area contributed by atoms with Crippen molar-refractivity contribution in [2.75, 3.05) is 6.61 Å². The highest BCUT2D eigenvalue weighted by Gasteiger charge is 2.43. The lowest BCUT2D eigenvalue weighted by Gasteiger charge is -2.18. The van der Waals surface area contributed by atoms with Gasteiger partial charge in [-0.15, -0.1) is 0 Å². The van der Waals surface area contributed by atoms with E-state index in [9.17, 15) is 36.2 Å². The number of halogens is 6. The van der Waals surface area contributed by atoms with E-state index in [1.165, 1.54) is 6.92 Å². The Morgan fingerprint density at radius 3 is 2.14 bits per heavy atom. The molecule has 0 saturated carbocycles. The van der Waals surface area contributed by atoms with Crippen molar-refractivity contribution in [2.45, 2.75) is 25.7 Å². The Bertz CT molecular complexity index is 533. The van der Waals surface area contributed by atoms with Gasteiger partial charge in [0.2, 0.25) is 0 Å². The summed E-state index contributed by atoms with van der Waals surface area (Å²) in [5.74, 6) is -2.99. The molecule has 0 radical (unpaired) electrons. The second-order valence-electron chi connectivity index (χ2n) is 3.97. The van der Waals surface area contributed by atoms with Gasteiger partial charge in [0.15, 0.2) is 0 Å². The number of carbonyl (C=O) groups excluding carboxylic acids is 1. The van der Waals surface area contributed by atoms with Gasteiger partial charge >= 0.3 is 18.3 Å². The van der Waals surface area contributed by atoms with Gasteiger partial charge in [-0.1, -0.05) is 6.07 Å². The minimum Gasteiger partial charge on any atom is -0.507 e. The zero-order valence-electron chi connectivity index (χ0n) is 10.6. The second kappa shape index (κ2) is 5.82. The van der Waals surface area contributed by atoms with Crippen LogP contribution >= 0.6 is 0 Å². The minimum absolute atomic E-state index is 0.0905. The first kappa shape index (κ1) is 17.1. The number of rotatable bonds is 3. The maximum atomic E-state index is 12.8. The molecular weight excluding hydrogens is 306 g/mol. The first-order valence-electron chi connectivity index (χ1n) is 5.63. The van der Waals surface area contributed by atoms with Crippen molar-refractivity contribution in [3.63, 3.8) is 0 Å². The maximum absolute atomic E-state index is 12.8. The Labute approximate surface area is 115 Å². The zero-order valence-corrected chi connectivity index (χ0v) is 10.6. The fourth-order valence-corrected chi connectivity index (χ4v) is 1.69. The van der Waals surface area contributed by atoms with Crippen LogP contribution in [0, 0.1) is 0 Å². The van der Waals surface area contributed by atoms with Crippen LogP contribution in [0.5, 0.6) is 5.75 Å². The lowest BCUT2D eigenvalue weighted by atomic mass is 9.99. The first-order valence-corrected chi connectivity index (χ1v) is 5.63. The Hall–Kier alpha value is -1.93. The highest BCUT2D eigenvalue weighted by Crippen LogP contribution is 2.45. The summed E-state index contributed by atoms with van der Waals surface area (Å²) < 4.78 is 80.5. The zero-order chi connectivity index (χ0) is 16.4. The highest BCUT2D eigenvalue weighted by molar-refractivity contribution is 5.73. The molecule has 118 valence electrons. The van der Waals surface area contributed by atoms with Crippen molar-refractivity contribution in [2.24, 2.45) is 0 Å². The van der Waals surface area contributed by atoms with Crippen LogP contribution in [0.2, 0.25) is 0 Å². The number of ether oxygens (including phenoxy) is 1. The largest absolute Gasteiger partial charge is 0.507 e. The number of aromatic hydroxyl groups is 1. The van der Waals surface area contributed by atoms with Gasteiger partial charge < -0.3 is 9.84 Å². The quantitative estimate of drug-likeness (QED) is 0.685. The number of carbonyl (C=O) groups is 1. The molecule has 0 amide bonds. The summed E-state index contributed by atoms with van der Waals surface area (Å²) in [5, 5.41) is 9.29. The van der Waals surface area contributed by atoms with E-state index in [-0.39, 0.29) is 6.61 Å². The van der Waals surface area contributed by atoms with E-state index in [1.807, 2.05) is 0 Å². The molecule has 0 aliphatic rings. The van der Waals surface area contributed by atoms with E-state index < -0.39 is 47.2 Å². The van der Waals surface area contributed by atoms with Crippen LogP contribution in [0.15, 0.2) is 12.1 Å². The van der Waals surface area contributed by atoms with Crippen LogP contribution in [-0.4, -0.2) is 17.7 Å². The third-order valence-corrected chi connectivity index (χ3v) is 2.49. The number of phenols is 1. The highest BCUT2D eigenvalue weighted by atomic mass is 19.4. The van der Waals surface area contributed by atoms with Crippen LogP contribution < -0.4 is 0 Å². The van der Waals surface area contributed by atoms with Gasteiger partial charge in [0.1, 0.15) is 11.3 Å². The summed E-state index contributed by atoms with van der Waals surface area (Å²) in [7, 11) is 0. The second-order valence-corrected chi connectivity index (χ2v) is 3.97. The number of benzene rings is 1. The molecule has 1 N–H and O–H groups in total. The lowest BCUT2D eigenvalue weighted by molar-refractivity contribution is -0.146. The molecule has 0 aromatic heterocycles. The molecule has 0 saturated heterocycles. The standard InChI is InChI=1S/C12H10F6O3/c1-2-21-8(19)5-6-3-4-7(11(13,14)15)10(20)9(6)12(16,17)18/h3-4,20H,2,5H2,1H3. The topological polar surface area (TPSA) is 46.5 Å². The summed E-state index contributed by atoms with van der Waals surface area (Å²) in [6, 6.07) is 0.793. The van der Waals surface area contributed by atoms with Gasteiger partial charge in [-0.2, -0.15) is 26.3 Å². The fourth-order valence-electron chi connectivity index (χ4n) is 1.69. The molecule has 1 rings (SSSR count). The van der Waals surface area contributed by atoms with Gasteiger partial charge in [0.05, 0.1) is 18.6 Å². The summed E-state index contributed by atoms with van der Waals surface area (Å²) in [6.45, 7) is 1.33. The van der Waals surface area contributed by atoms with Gasteiger partial charge in [-0.25, -0.2) is 0 Å². The van der Waals surface area contributed by atoms with Crippen molar-refractivity contribution in [3.8, 4) is 5.75 Å². The molecule has 3 nitrogen and oxygen atoms in total. The number of phenolic OH excluding ortho intramolecular Hbond substituents is 1. The average molecular weight is 316 g/mol. The lowest BCUT2D eigenvalue weighted by Crippen LogP contribution is -2.17. The Morgan fingerprint density at radius 2 is 1.71 bits per heavy atom. The summed E-state index contributed by atoms with van der Waals surface area (Å²) in [5.41, 5.74) is -4.49. The van der Waals surface area contributed by atoms with E-state index in [2.05, 4.69) is 4.74 Å². The number of hydrogen-bond acceptors (Lipinski definition) is 3. The van der Waals surface area contributed by atoms with Crippen molar-refractivity contribution in [1.29, 1.82) is 0 Å². The average Bonchev–Trinajstić information content (AvgIpc) is 2.25. The molecule has 0 atom stereocenters. The van der Waals surface area contributed by atoms with Crippen LogP contribution in [0.25, 0.3) is 0 Å². The Morgan fingerprint density at radius 1 is 1.14 bits per heavy atom. The predicted molar refractivity (Wildman–Crippen MR) is 58.4 cm³/mol. The normalized spacial score (nSPS) is 12.3. The summed E-state index contributed by atoms with van der Waals surface area (Å²) in [6.07, 6.45) is -11.3. The minimum atomic E-state index is -5.24. The van der Waals surface area contributed by atoms with Crippen LogP contribution in [-0.2, 0) is 28.3 Å². The molecule has 0 heterocycles. The molecular formula is C12H10F6O3. The molecule has 0 unspecified atom stereocenters. The summed E-state index contributed by atoms with van der Waals surface area (Å²) >= 11 is 0. The summed E-state index contributed by atoms with van der Waals surface area (Å²) in [4.78, 5) is 11.2. The van der Waals surface area contributed by atoms with E-state index in [4.69, 9.17) is 0 Å². The third kappa shape index (κ3) is 4.02. The SMILES string of the molecule is CCOC(=O)Cc1ccc(C(F)(F)F)c(O)c1C(F)(F)F. The van der Waals surface area contributed by atoms with Crippen molar-refractivity contribution in [3.05, 3.63) is 28.8 Å². The molecule has 1 aromatic carbocycles. The maximum Gasteiger partial charge on any atom is 0.420 e. The van der Waals surface area contributed by atoms with Crippen molar-refractivity contribution < 1.29 is 41.0 Å². The van der Waals surface area contributed by atoms with Gasteiger partial charge in [0, 0.05) is 0 Å². The number of alkyl halides is 6. The molecule has 0 fully saturated rings. The monoisotopic (exact) mass is 316 g/mol. The number of hydrogen-bond donors (Lipinski definition) is 1. The van der Waals surface area contributed by atoms with Gasteiger partial charge in [0.25, 0.3) is 0 Å². The van der Waals surface area contributed by atoms with Crippen molar-refractivity contribution >= 4 is 5.97 Å². The smallest absolute Gasteiger partial charge is 0.420 e. The molecule has 21 heavy (non-hydrogen) atoms. The van der Waals surface area contributed by atoms with Gasteiger partial charge in [-0.3, -0.25) is 4.79 Å². The number of esters is 1. The molecule has 0 aliphatic heterocycles. The van der Waals surface area contributed by atoms with Crippen LogP contribution in [0.1, 0.15) is 23.6 Å². The van der Waals surface area contributed by atoms with E-state index in [1.54, 1.807) is 0 Å². The van der Waals surface area contributed by atoms with E-state index >= 15 is 0 Å². The van der Waals surface area contributed by atoms with Gasteiger partial charge in [-0.05, 0) is 18.6 Å². The first-order chi connectivity index (χ1) is 9.48. The van der Waals surface area contributed by atoms with Crippen molar-refractivity contribution in [1.82, 2.24) is 0 Å². The predicted octanol–water partition coefficient (Wildman–Crippen LogP) is 3.54. The van der Waals surface area contributed by atoms with E-state index in [0.717, 1.165) is 0 Å².